The lowest BCUT2D eigenvalue weighted by Crippen LogP contribution is -2.69. The Labute approximate surface area is 103 Å². The van der Waals surface area contributed by atoms with Crippen LogP contribution in [0.15, 0.2) is 24.3 Å². The molecular weight excluding hydrogens is 239 g/mol. The van der Waals surface area contributed by atoms with Crippen LogP contribution in [0.1, 0.15) is 5.56 Å². The molecule has 0 aromatic heterocycles. The molecule has 0 saturated carbocycles. The molecular formula is C13H13FO4. The summed E-state index contributed by atoms with van der Waals surface area (Å²) in [7, 11) is 0. The zero-order chi connectivity index (χ0) is 12.8. The molecule has 0 atom stereocenters. The minimum atomic E-state index is -0.987. The van der Waals surface area contributed by atoms with Crippen LogP contribution in [0.2, 0.25) is 0 Å². The number of aliphatic carboxylic acids is 1. The van der Waals surface area contributed by atoms with E-state index >= 15 is 0 Å². The Bertz CT molecular complexity index is 492. The number of ether oxygens (including phenoxy) is 2. The first-order valence-electron chi connectivity index (χ1n) is 5.76. The van der Waals surface area contributed by atoms with Gasteiger partial charge in [-0.2, -0.15) is 0 Å². The molecule has 0 radical (unpaired) electrons. The Morgan fingerprint density at radius 3 is 2.28 bits per heavy atom. The lowest BCUT2D eigenvalue weighted by atomic mass is 9.57. The molecule has 3 rings (SSSR count). The summed E-state index contributed by atoms with van der Waals surface area (Å²) in [5.74, 6) is -1.26. The number of hydrogen-bond acceptors (Lipinski definition) is 3. The lowest BCUT2D eigenvalue weighted by Gasteiger charge is -2.56. The van der Waals surface area contributed by atoms with Crippen LogP contribution < -0.4 is 0 Å². The van der Waals surface area contributed by atoms with Gasteiger partial charge in [-0.25, -0.2) is 4.39 Å². The van der Waals surface area contributed by atoms with E-state index in [9.17, 15) is 14.3 Å². The first-order valence-corrected chi connectivity index (χ1v) is 5.76. The fraction of sp³-hybridized carbons (Fsp3) is 0.462. The summed E-state index contributed by atoms with van der Waals surface area (Å²) in [5, 5.41) is 9.49. The maximum atomic E-state index is 13.3. The van der Waals surface area contributed by atoms with Crippen molar-refractivity contribution in [3.63, 3.8) is 0 Å². The number of carboxylic acid groups (broad SMARTS) is 1. The molecule has 2 aliphatic rings. The van der Waals surface area contributed by atoms with E-state index in [1.807, 2.05) is 0 Å². The zero-order valence-electron chi connectivity index (χ0n) is 9.69. The average Bonchev–Trinajstić information content (AvgIpc) is 2.19. The summed E-state index contributed by atoms with van der Waals surface area (Å²) < 4.78 is 23.7. The van der Waals surface area contributed by atoms with Crippen LogP contribution in [0.3, 0.4) is 0 Å². The average molecular weight is 252 g/mol. The number of hydrogen-bond donors (Lipinski definition) is 1. The van der Waals surface area contributed by atoms with E-state index in [0.29, 0.717) is 18.8 Å². The molecule has 2 heterocycles. The van der Waals surface area contributed by atoms with Crippen LogP contribution in [-0.4, -0.2) is 37.5 Å². The standard InChI is InChI=1S/C13H13FO4/c14-10-3-1-2-9(4-10)12(5-17-6-12)13(11(15)16)7-18-8-13/h1-4H,5-8H2,(H,15,16). The van der Waals surface area contributed by atoms with Crippen molar-refractivity contribution < 1.29 is 23.8 Å². The Kier molecular flexibility index (Phi) is 2.43. The maximum absolute atomic E-state index is 13.3. The van der Waals surface area contributed by atoms with Crippen LogP contribution in [0.25, 0.3) is 0 Å². The summed E-state index contributed by atoms with van der Waals surface area (Å²) in [6.45, 7) is 0.905. The summed E-state index contributed by atoms with van der Waals surface area (Å²) in [6, 6.07) is 6.10. The van der Waals surface area contributed by atoms with E-state index in [1.54, 1.807) is 12.1 Å². The molecule has 0 aliphatic carbocycles. The number of carbonyl (C=O) groups is 1. The third-order valence-corrected chi connectivity index (χ3v) is 4.10. The quantitative estimate of drug-likeness (QED) is 0.878. The van der Waals surface area contributed by atoms with Crippen molar-refractivity contribution >= 4 is 5.97 Å². The van der Waals surface area contributed by atoms with E-state index in [0.717, 1.165) is 0 Å². The molecule has 5 heteroatoms. The summed E-state index contributed by atoms with van der Waals surface area (Å²) in [4.78, 5) is 11.6. The van der Waals surface area contributed by atoms with E-state index in [1.165, 1.54) is 12.1 Å². The van der Waals surface area contributed by atoms with Gasteiger partial charge in [0.25, 0.3) is 0 Å². The topological polar surface area (TPSA) is 55.8 Å². The lowest BCUT2D eigenvalue weighted by molar-refractivity contribution is -0.236. The van der Waals surface area contributed by atoms with Crippen molar-refractivity contribution in [3.05, 3.63) is 35.6 Å². The monoisotopic (exact) mass is 252 g/mol. The van der Waals surface area contributed by atoms with Crippen molar-refractivity contribution in [2.75, 3.05) is 26.4 Å². The second-order valence-corrected chi connectivity index (χ2v) is 4.97. The first kappa shape index (κ1) is 11.6. The SMILES string of the molecule is O=C(O)C1(C2(c3cccc(F)c3)COC2)COC1. The predicted molar refractivity (Wildman–Crippen MR) is 59.8 cm³/mol. The van der Waals surface area contributed by atoms with Crippen molar-refractivity contribution in [1.82, 2.24) is 0 Å². The molecule has 2 fully saturated rings. The molecule has 1 aromatic carbocycles. The summed E-state index contributed by atoms with van der Waals surface area (Å²) in [5.41, 5.74) is -0.974. The van der Waals surface area contributed by atoms with Gasteiger partial charge in [0, 0.05) is 0 Å². The number of halogens is 1. The predicted octanol–water partition coefficient (Wildman–Crippen LogP) is 1.19. The normalized spacial score (nSPS) is 23.8. The highest BCUT2D eigenvalue weighted by Crippen LogP contribution is 2.52. The van der Waals surface area contributed by atoms with Crippen LogP contribution in [0.5, 0.6) is 0 Å². The highest BCUT2D eigenvalue weighted by molar-refractivity contribution is 5.79. The van der Waals surface area contributed by atoms with Gasteiger partial charge in [0.2, 0.25) is 0 Å². The number of benzene rings is 1. The minimum Gasteiger partial charge on any atom is -0.481 e. The minimum absolute atomic E-state index is 0.155. The fourth-order valence-corrected chi connectivity index (χ4v) is 2.72. The van der Waals surface area contributed by atoms with Gasteiger partial charge in [-0.3, -0.25) is 4.79 Å². The Morgan fingerprint density at radius 2 is 1.89 bits per heavy atom. The van der Waals surface area contributed by atoms with E-state index < -0.39 is 16.8 Å². The largest absolute Gasteiger partial charge is 0.481 e. The number of carboxylic acids is 1. The molecule has 4 nitrogen and oxygen atoms in total. The van der Waals surface area contributed by atoms with Gasteiger partial charge in [0.1, 0.15) is 11.2 Å². The molecule has 2 aliphatic heterocycles. The van der Waals surface area contributed by atoms with Gasteiger partial charge in [-0.05, 0) is 17.7 Å². The molecule has 1 aromatic rings. The summed E-state index contributed by atoms with van der Waals surface area (Å²) >= 11 is 0. The van der Waals surface area contributed by atoms with Gasteiger partial charge in [-0.1, -0.05) is 12.1 Å². The highest BCUT2D eigenvalue weighted by Gasteiger charge is 2.65. The zero-order valence-corrected chi connectivity index (χ0v) is 9.69. The molecule has 18 heavy (non-hydrogen) atoms. The van der Waals surface area contributed by atoms with Gasteiger partial charge < -0.3 is 14.6 Å². The number of rotatable bonds is 3. The van der Waals surface area contributed by atoms with Gasteiger partial charge >= 0.3 is 5.97 Å². The Hall–Kier alpha value is -1.46. The third kappa shape index (κ3) is 1.29. The maximum Gasteiger partial charge on any atom is 0.315 e. The van der Waals surface area contributed by atoms with Crippen LogP contribution >= 0.6 is 0 Å². The second-order valence-electron chi connectivity index (χ2n) is 4.97. The highest BCUT2D eigenvalue weighted by atomic mass is 19.1. The molecule has 0 amide bonds. The van der Waals surface area contributed by atoms with E-state index in [2.05, 4.69) is 0 Å². The van der Waals surface area contributed by atoms with Crippen molar-refractivity contribution in [2.45, 2.75) is 5.41 Å². The fourth-order valence-electron chi connectivity index (χ4n) is 2.72. The third-order valence-electron chi connectivity index (χ3n) is 4.10. The first-order chi connectivity index (χ1) is 8.61. The van der Waals surface area contributed by atoms with Crippen LogP contribution in [0.4, 0.5) is 4.39 Å². The van der Waals surface area contributed by atoms with Crippen molar-refractivity contribution in [3.8, 4) is 0 Å². The molecule has 0 unspecified atom stereocenters. The van der Waals surface area contributed by atoms with Crippen LogP contribution in [0, 0.1) is 11.2 Å². The second kappa shape index (κ2) is 3.76. The van der Waals surface area contributed by atoms with E-state index in [4.69, 9.17) is 9.47 Å². The molecule has 96 valence electrons. The smallest absolute Gasteiger partial charge is 0.315 e. The molecule has 0 spiro atoms. The van der Waals surface area contributed by atoms with Gasteiger partial charge in [0.05, 0.1) is 31.8 Å². The van der Waals surface area contributed by atoms with Crippen molar-refractivity contribution in [1.29, 1.82) is 0 Å². The molecule has 0 bridgehead atoms. The summed E-state index contributed by atoms with van der Waals surface area (Å²) in [6.07, 6.45) is 0. The Balaban J connectivity index is 2.07. The molecule has 1 N–H and O–H groups in total. The van der Waals surface area contributed by atoms with Gasteiger partial charge in [-0.15, -0.1) is 0 Å². The van der Waals surface area contributed by atoms with E-state index in [-0.39, 0.29) is 19.0 Å². The van der Waals surface area contributed by atoms with Crippen molar-refractivity contribution in [2.24, 2.45) is 5.41 Å². The van der Waals surface area contributed by atoms with Gasteiger partial charge in [0.15, 0.2) is 0 Å². The Morgan fingerprint density at radius 1 is 1.22 bits per heavy atom. The van der Waals surface area contributed by atoms with Crippen LogP contribution in [-0.2, 0) is 19.7 Å². The molecule has 2 saturated heterocycles.